The van der Waals surface area contributed by atoms with Crippen molar-refractivity contribution < 1.29 is 4.79 Å². The quantitative estimate of drug-likeness (QED) is 0.649. The molecule has 1 aliphatic rings. The van der Waals surface area contributed by atoms with Crippen LogP contribution in [0.15, 0.2) is 17.1 Å². The summed E-state index contributed by atoms with van der Waals surface area (Å²) in [4.78, 5) is 30.4. The van der Waals surface area contributed by atoms with E-state index in [0.29, 0.717) is 36.2 Å². The van der Waals surface area contributed by atoms with Crippen molar-refractivity contribution in [2.75, 3.05) is 13.1 Å². The Kier molecular flexibility index (Phi) is 6.11. The average Bonchev–Trinajstić information content (AvgIpc) is 3.09. The monoisotopic (exact) mass is 359 g/mol. The smallest absolute Gasteiger partial charge is 0.273 e. The van der Waals surface area contributed by atoms with E-state index in [0.717, 1.165) is 19.5 Å². The van der Waals surface area contributed by atoms with Crippen molar-refractivity contribution in [2.24, 2.45) is 0 Å². The Hall–Kier alpha value is -2.55. The van der Waals surface area contributed by atoms with Crippen molar-refractivity contribution in [3.63, 3.8) is 0 Å². The summed E-state index contributed by atoms with van der Waals surface area (Å²) in [6.07, 6.45) is 6.81. The van der Waals surface area contributed by atoms with Crippen LogP contribution in [0.1, 0.15) is 47.7 Å². The maximum Gasteiger partial charge on any atom is 0.273 e. The van der Waals surface area contributed by atoms with Crippen LogP contribution in [-0.2, 0) is 13.0 Å². The molecular weight excluding hydrogens is 334 g/mol. The zero-order valence-electron chi connectivity index (χ0n) is 15.0. The molecule has 9 nitrogen and oxygen atoms in total. The molecule has 1 aliphatic heterocycles. The lowest BCUT2D eigenvalue weighted by atomic mass is 10.0. The van der Waals surface area contributed by atoms with Gasteiger partial charge >= 0.3 is 0 Å². The highest BCUT2D eigenvalue weighted by Gasteiger charge is 2.14. The van der Waals surface area contributed by atoms with E-state index in [9.17, 15) is 9.59 Å². The van der Waals surface area contributed by atoms with Gasteiger partial charge in [0.15, 0.2) is 5.69 Å². The van der Waals surface area contributed by atoms with Crippen molar-refractivity contribution in [1.29, 1.82) is 0 Å². The summed E-state index contributed by atoms with van der Waals surface area (Å²) in [7, 11) is 0. The van der Waals surface area contributed by atoms with Crippen LogP contribution in [-0.4, -0.2) is 50.0 Å². The number of H-pyrrole nitrogens is 1. The van der Waals surface area contributed by atoms with Gasteiger partial charge in [-0.1, -0.05) is 11.6 Å². The highest BCUT2D eigenvalue weighted by Crippen LogP contribution is 2.10. The standard InChI is InChI=1S/C17H25N7O2/c1-12-10-16(25)21-15(20-12)5-8-19-17(26)14-11-24(23-22-14)9-6-13-4-2-3-7-18-13/h10-11,13,18H,2-9H2,1H3,(H,19,26)(H,20,21,25)/t13-/m1/s1. The second-order valence-electron chi connectivity index (χ2n) is 6.64. The van der Waals surface area contributed by atoms with E-state index in [1.165, 1.54) is 25.3 Å². The fourth-order valence-electron chi connectivity index (χ4n) is 3.11. The summed E-state index contributed by atoms with van der Waals surface area (Å²) in [5.41, 5.74) is 0.770. The van der Waals surface area contributed by atoms with Crippen LogP contribution in [0.25, 0.3) is 0 Å². The summed E-state index contributed by atoms with van der Waals surface area (Å²) in [5.74, 6) is 0.279. The highest BCUT2D eigenvalue weighted by molar-refractivity contribution is 5.91. The summed E-state index contributed by atoms with van der Waals surface area (Å²) in [6.45, 7) is 3.95. The third-order valence-electron chi connectivity index (χ3n) is 4.46. The Labute approximate surface area is 151 Å². The van der Waals surface area contributed by atoms with Crippen LogP contribution >= 0.6 is 0 Å². The fraction of sp³-hybridized carbons (Fsp3) is 0.588. The topological polar surface area (TPSA) is 118 Å². The van der Waals surface area contributed by atoms with E-state index in [1.54, 1.807) is 17.8 Å². The molecule has 3 N–H and O–H groups in total. The van der Waals surface area contributed by atoms with E-state index in [4.69, 9.17) is 0 Å². The number of amides is 1. The van der Waals surface area contributed by atoms with Crippen molar-refractivity contribution in [2.45, 2.75) is 51.6 Å². The van der Waals surface area contributed by atoms with Crippen LogP contribution in [0.2, 0.25) is 0 Å². The van der Waals surface area contributed by atoms with Crippen LogP contribution in [0.5, 0.6) is 0 Å². The lowest BCUT2D eigenvalue weighted by molar-refractivity contribution is 0.0949. The minimum Gasteiger partial charge on any atom is -0.350 e. The summed E-state index contributed by atoms with van der Waals surface area (Å²) in [5, 5.41) is 14.2. The number of rotatable bonds is 7. The van der Waals surface area contributed by atoms with Gasteiger partial charge in [-0.15, -0.1) is 5.10 Å². The Balaban J connectivity index is 1.44. The first-order valence-electron chi connectivity index (χ1n) is 9.09. The van der Waals surface area contributed by atoms with E-state index >= 15 is 0 Å². The number of carbonyl (C=O) groups excluding carboxylic acids is 1. The third kappa shape index (κ3) is 5.22. The van der Waals surface area contributed by atoms with E-state index < -0.39 is 0 Å². The van der Waals surface area contributed by atoms with Gasteiger partial charge in [0.2, 0.25) is 0 Å². The van der Waals surface area contributed by atoms with Crippen LogP contribution < -0.4 is 16.2 Å². The summed E-state index contributed by atoms with van der Waals surface area (Å²) >= 11 is 0. The number of hydrogen-bond acceptors (Lipinski definition) is 6. The second-order valence-corrected chi connectivity index (χ2v) is 6.64. The van der Waals surface area contributed by atoms with E-state index in [2.05, 4.69) is 30.9 Å². The Bertz CT molecular complexity index is 792. The van der Waals surface area contributed by atoms with Gasteiger partial charge in [0, 0.05) is 37.3 Å². The molecule has 0 aliphatic carbocycles. The van der Waals surface area contributed by atoms with Gasteiger partial charge in [-0.05, 0) is 32.7 Å². The van der Waals surface area contributed by atoms with Crippen molar-refractivity contribution in [3.05, 3.63) is 39.8 Å². The van der Waals surface area contributed by atoms with Crippen LogP contribution in [0.4, 0.5) is 0 Å². The molecule has 1 fully saturated rings. The molecule has 0 unspecified atom stereocenters. The lowest BCUT2D eigenvalue weighted by Crippen LogP contribution is -2.34. The molecule has 1 amide bonds. The zero-order chi connectivity index (χ0) is 18.4. The first-order valence-corrected chi connectivity index (χ1v) is 9.09. The Morgan fingerprint density at radius 2 is 2.31 bits per heavy atom. The molecule has 2 aromatic heterocycles. The largest absolute Gasteiger partial charge is 0.350 e. The van der Waals surface area contributed by atoms with Gasteiger partial charge in [-0.2, -0.15) is 0 Å². The van der Waals surface area contributed by atoms with Gasteiger partial charge in [-0.3, -0.25) is 14.3 Å². The molecule has 3 heterocycles. The van der Waals surface area contributed by atoms with Crippen molar-refractivity contribution in [3.8, 4) is 0 Å². The maximum absolute atomic E-state index is 12.2. The molecule has 26 heavy (non-hydrogen) atoms. The fourth-order valence-corrected chi connectivity index (χ4v) is 3.11. The third-order valence-corrected chi connectivity index (χ3v) is 4.46. The maximum atomic E-state index is 12.2. The molecular formula is C17H25N7O2. The summed E-state index contributed by atoms with van der Waals surface area (Å²) in [6, 6.07) is 1.96. The number of aryl methyl sites for hydroxylation is 2. The minimum absolute atomic E-state index is 0.186. The molecule has 9 heteroatoms. The van der Waals surface area contributed by atoms with Gasteiger partial charge in [0.1, 0.15) is 5.82 Å². The number of aromatic nitrogens is 5. The normalized spacial score (nSPS) is 17.2. The first-order chi connectivity index (χ1) is 12.6. The van der Waals surface area contributed by atoms with E-state index in [1.807, 2.05) is 0 Å². The molecule has 0 saturated carbocycles. The Morgan fingerprint density at radius 3 is 3.08 bits per heavy atom. The molecule has 0 radical (unpaired) electrons. The highest BCUT2D eigenvalue weighted by atomic mass is 16.2. The number of hydrogen-bond donors (Lipinski definition) is 3. The van der Waals surface area contributed by atoms with Gasteiger partial charge < -0.3 is 15.6 Å². The number of nitrogens with zero attached hydrogens (tertiary/aromatic N) is 4. The molecule has 0 bridgehead atoms. The van der Waals surface area contributed by atoms with Gasteiger partial charge in [0.05, 0.1) is 6.20 Å². The van der Waals surface area contributed by atoms with Crippen molar-refractivity contribution >= 4 is 5.91 Å². The predicted molar refractivity (Wildman–Crippen MR) is 95.9 cm³/mol. The number of carbonyl (C=O) groups is 1. The lowest BCUT2D eigenvalue weighted by Gasteiger charge is -2.23. The molecule has 1 atom stereocenters. The zero-order valence-corrected chi connectivity index (χ0v) is 15.0. The minimum atomic E-state index is -0.276. The molecule has 3 rings (SSSR count). The molecule has 0 aromatic carbocycles. The number of nitrogens with one attached hydrogen (secondary N) is 3. The molecule has 0 spiro atoms. The van der Waals surface area contributed by atoms with Crippen LogP contribution in [0.3, 0.4) is 0 Å². The van der Waals surface area contributed by atoms with E-state index in [-0.39, 0.29) is 11.5 Å². The second kappa shape index (κ2) is 8.70. The van der Waals surface area contributed by atoms with Gasteiger partial charge in [0.25, 0.3) is 11.5 Å². The Morgan fingerprint density at radius 1 is 1.42 bits per heavy atom. The predicted octanol–water partition coefficient (Wildman–Crippen LogP) is 0.175. The van der Waals surface area contributed by atoms with Gasteiger partial charge in [-0.25, -0.2) is 4.98 Å². The number of piperidine rings is 1. The molecule has 1 saturated heterocycles. The van der Waals surface area contributed by atoms with Crippen LogP contribution in [0, 0.1) is 6.92 Å². The SMILES string of the molecule is Cc1cc(=O)[nH]c(CCNC(=O)c2cn(CC[C@H]3CCCCN3)nn2)n1. The van der Waals surface area contributed by atoms with Crippen molar-refractivity contribution in [1.82, 2.24) is 35.6 Å². The summed E-state index contributed by atoms with van der Waals surface area (Å²) < 4.78 is 1.71. The number of aromatic amines is 1. The first kappa shape index (κ1) is 18.2. The molecule has 140 valence electrons. The molecule has 2 aromatic rings. The average molecular weight is 359 g/mol.